The van der Waals surface area contributed by atoms with E-state index in [1.165, 1.54) is 12.1 Å². The molecular formula is C12H15FN4. The first kappa shape index (κ1) is 11.8. The fourth-order valence-electron chi connectivity index (χ4n) is 1.90. The highest BCUT2D eigenvalue weighted by Crippen LogP contribution is 2.24. The predicted molar refractivity (Wildman–Crippen MR) is 63.5 cm³/mol. The van der Waals surface area contributed by atoms with Crippen molar-refractivity contribution in [1.29, 1.82) is 0 Å². The highest BCUT2D eigenvalue weighted by Gasteiger charge is 2.18. The number of aryl methyl sites for hydroxylation is 2. The second kappa shape index (κ2) is 4.65. The minimum absolute atomic E-state index is 0.266. The zero-order valence-electron chi connectivity index (χ0n) is 9.81. The Morgan fingerprint density at radius 2 is 2.24 bits per heavy atom. The van der Waals surface area contributed by atoms with Gasteiger partial charge in [-0.05, 0) is 30.2 Å². The minimum Gasteiger partial charge on any atom is -0.336 e. The van der Waals surface area contributed by atoms with Crippen LogP contribution in [0.3, 0.4) is 0 Å². The van der Waals surface area contributed by atoms with Crippen molar-refractivity contribution < 1.29 is 4.39 Å². The molecular weight excluding hydrogens is 219 g/mol. The first-order valence-corrected chi connectivity index (χ1v) is 5.32. The summed E-state index contributed by atoms with van der Waals surface area (Å²) in [6, 6.07) is 4.41. The lowest BCUT2D eigenvalue weighted by Gasteiger charge is -2.19. The molecule has 0 saturated heterocycles. The SMILES string of the molecule is Cc1ccc(F)cc1C(NN)c1cncn1C. The van der Waals surface area contributed by atoms with Crippen molar-refractivity contribution in [2.45, 2.75) is 13.0 Å². The molecule has 1 unspecified atom stereocenters. The number of nitrogens with one attached hydrogen (secondary N) is 1. The van der Waals surface area contributed by atoms with E-state index < -0.39 is 0 Å². The minimum atomic E-state index is -0.270. The Kier molecular flexibility index (Phi) is 3.21. The van der Waals surface area contributed by atoms with Crippen molar-refractivity contribution in [2.24, 2.45) is 12.9 Å². The van der Waals surface area contributed by atoms with E-state index in [4.69, 9.17) is 5.84 Å². The van der Waals surface area contributed by atoms with Gasteiger partial charge in [0.2, 0.25) is 0 Å². The zero-order valence-corrected chi connectivity index (χ0v) is 9.81. The number of benzene rings is 1. The van der Waals surface area contributed by atoms with Crippen molar-refractivity contribution in [3.63, 3.8) is 0 Å². The number of hydrogen-bond donors (Lipinski definition) is 2. The molecule has 1 aromatic heterocycles. The number of aromatic nitrogens is 2. The summed E-state index contributed by atoms with van der Waals surface area (Å²) in [5.41, 5.74) is 5.39. The molecule has 0 aliphatic rings. The Morgan fingerprint density at radius 3 is 2.82 bits per heavy atom. The van der Waals surface area contributed by atoms with E-state index in [-0.39, 0.29) is 11.9 Å². The van der Waals surface area contributed by atoms with Crippen LogP contribution in [0.15, 0.2) is 30.7 Å². The Labute approximate surface area is 99.2 Å². The van der Waals surface area contributed by atoms with Crippen molar-refractivity contribution in [2.75, 3.05) is 0 Å². The van der Waals surface area contributed by atoms with Crippen LogP contribution in [0, 0.1) is 12.7 Å². The molecule has 0 radical (unpaired) electrons. The summed E-state index contributed by atoms with van der Waals surface area (Å²) in [5.74, 6) is 5.30. The van der Waals surface area contributed by atoms with Gasteiger partial charge in [0, 0.05) is 7.05 Å². The smallest absolute Gasteiger partial charge is 0.123 e. The molecule has 0 bridgehead atoms. The summed E-state index contributed by atoms with van der Waals surface area (Å²) in [4.78, 5) is 4.04. The third kappa shape index (κ3) is 2.20. The van der Waals surface area contributed by atoms with Gasteiger partial charge >= 0.3 is 0 Å². The molecule has 1 aromatic carbocycles. The lowest BCUT2D eigenvalue weighted by Crippen LogP contribution is -2.30. The van der Waals surface area contributed by atoms with Crippen LogP contribution in [0.25, 0.3) is 0 Å². The fraction of sp³-hybridized carbons (Fsp3) is 0.250. The van der Waals surface area contributed by atoms with Gasteiger partial charge in [-0.1, -0.05) is 6.07 Å². The van der Waals surface area contributed by atoms with E-state index in [9.17, 15) is 4.39 Å². The fourth-order valence-corrected chi connectivity index (χ4v) is 1.90. The normalized spacial score (nSPS) is 12.7. The zero-order chi connectivity index (χ0) is 12.4. The van der Waals surface area contributed by atoms with Gasteiger partial charge in [-0.15, -0.1) is 0 Å². The number of halogens is 1. The number of rotatable bonds is 3. The summed E-state index contributed by atoms with van der Waals surface area (Å²) in [6.45, 7) is 1.93. The van der Waals surface area contributed by atoms with Crippen LogP contribution >= 0.6 is 0 Å². The van der Waals surface area contributed by atoms with Crippen molar-refractivity contribution in [3.05, 3.63) is 53.4 Å². The third-order valence-corrected chi connectivity index (χ3v) is 2.87. The lowest BCUT2D eigenvalue weighted by atomic mass is 9.99. The molecule has 0 aliphatic heterocycles. The molecule has 4 nitrogen and oxygen atoms in total. The van der Waals surface area contributed by atoms with Crippen LogP contribution in [0.4, 0.5) is 4.39 Å². The maximum atomic E-state index is 13.3. The van der Waals surface area contributed by atoms with E-state index >= 15 is 0 Å². The quantitative estimate of drug-likeness (QED) is 0.624. The van der Waals surface area contributed by atoms with E-state index in [2.05, 4.69) is 10.4 Å². The molecule has 2 aromatic rings. The number of hydrazine groups is 1. The van der Waals surface area contributed by atoms with Gasteiger partial charge in [0.15, 0.2) is 0 Å². The monoisotopic (exact) mass is 234 g/mol. The average Bonchev–Trinajstić information content (AvgIpc) is 2.71. The molecule has 0 spiro atoms. The van der Waals surface area contributed by atoms with Crippen LogP contribution in [0.2, 0.25) is 0 Å². The summed E-state index contributed by atoms with van der Waals surface area (Å²) in [6.07, 6.45) is 3.41. The molecule has 0 aliphatic carbocycles. The third-order valence-electron chi connectivity index (χ3n) is 2.87. The molecule has 3 N–H and O–H groups in total. The molecule has 2 rings (SSSR count). The Bertz CT molecular complexity index is 521. The molecule has 5 heteroatoms. The second-order valence-electron chi connectivity index (χ2n) is 4.03. The first-order chi connectivity index (χ1) is 8.13. The topological polar surface area (TPSA) is 55.9 Å². The van der Waals surface area contributed by atoms with Crippen LogP contribution in [0.1, 0.15) is 22.9 Å². The lowest BCUT2D eigenvalue weighted by molar-refractivity contribution is 0.580. The van der Waals surface area contributed by atoms with Crippen LogP contribution in [-0.2, 0) is 7.05 Å². The maximum Gasteiger partial charge on any atom is 0.123 e. The maximum absolute atomic E-state index is 13.3. The molecule has 0 amide bonds. The summed E-state index contributed by atoms with van der Waals surface area (Å²) in [7, 11) is 1.88. The Hall–Kier alpha value is -1.72. The van der Waals surface area contributed by atoms with Gasteiger partial charge in [0.25, 0.3) is 0 Å². The number of imidazole rings is 1. The van der Waals surface area contributed by atoms with Gasteiger partial charge in [0.1, 0.15) is 5.82 Å². The molecule has 17 heavy (non-hydrogen) atoms. The largest absolute Gasteiger partial charge is 0.336 e. The van der Waals surface area contributed by atoms with Gasteiger partial charge < -0.3 is 4.57 Å². The first-order valence-electron chi connectivity index (χ1n) is 5.32. The van der Waals surface area contributed by atoms with Gasteiger partial charge in [-0.3, -0.25) is 5.84 Å². The predicted octanol–water partition coefficient (Wildman–Crippen LogP) is 1.42. The molecule has 0 saturated carbocycles. The second-order valence-corrected chi connectivity index (χ2v) is 4.03. The van der Waals surface area contributed by atoms with E-state index in [1.807, 2.05) is 18.5 Å². The standard InChI is InChI=1S/C12H15FN4/c1-8-3-4-9(13)5-10(8)12(16-14)11-6-15-7-17(11)2/h3-7,12,16H,14H2,1-2H3. The number of nitrogens with two attached hydrogens (primary N) is 1. The van der Waals surface area contributed by atoms with Gasteiger partial charge in [-0.25, -0.2) is 14.8 Å². The average molecular weight is 234 g/mol. The highest BCUT2D eigenvalue weighted by atomic mass is 19.1. The van der Waals surface area contributed by atoms with Crippen molar-refractivity contribution >= 4 is 0 Å². The molecule has 1 heterocycles. The van der Waals surface area contributed by atoms with Crippen LogP contribution in [-0.4, -0.2) is 9.55 Å². The molecule has 90 valence electrons. The summed E-state index contributed by atoms with van der Waals surface area (Å²) >= 11 is 0. The Balaban J connectivity index is 2.49. The van der Waals surface area contributed by atoms with Gasteiger partial charge in [-0.2, -0.15) is 0 Å². The van der Waals surface area contributed by atoms with Crippen molar-refractivity contribution in [3.8, 4) is 0 Å². The van der Waals surface area contributed by atoms with Crippen LogP contribution < -0.4 is 11.3 Å². The Morgan fingerprint density at radius 1 is 1.47 bits per heavy atom. The van der Waals surface area contributed by atoms with Crippen LogP contribution in [0.5, 0.6) is 0 Å². The van der Waals surface area contributed by atoms with E-state index in [0.717, 1.165) is 16.8 Å². The van der Waals surface area contributed by atoms with E-state index in [0.29, 0.717) is 0 Å². The van der Waals surface area contributed by atoms with Gasteiger partial charge in [0.05, 0.1) is 24.3 Å². The number of hydrogen-bond acceptors (Lipinski definition) is 3. The highest BCUT2D eigenvalue weighted by molar-refractivity contribution is 5.34. The summed E-state index contributed by atoms with van der Waals surface area (Å²) in [5, 5.41) is 0. The molecule has 0 fully saturated rings. The summed E-state index contributed by atoms with van der Waals surface area (Å²) < 4.78 is 15.2. The van der Waals surface area contributed by atoms with Crippen molar-refractivity contribution in [1.82, 2.24) is 15.0 Å². The number of nitrogens with zero attached hydrogens (tertiary/aromatic N) is 2. The van der Waals surface area contributed by atoms with E-state index in [1.54, 1.807) is 18.6 Å². The molecule has 1 atom stereocenters.